The molecule has 0 unspecified atom stereocenters. The van der Waals surface area contributed by atoms with Crippen molar-refractivity contribution >= 4 is 11.6 Å². The number of amides is 1. The number of benzene rings is 1. The molecule has 0 radical (unpaired) electrons. The maximum absolute atomic E-state index is 13.5. The van der Waals surface area contributed by atoms with Crippen LogP contribution in [0.5, 0.6) is 0 Å². The number of rotatable bonds is 2. The van der Waals surface area contributed by atoms with Gasteiger partial charge in [0.05, 0.1) is 5.69 Å². The first kappa shape index (κ1) is 15.2. The number of nitrogens with zero attached hydrogens (tertiary/aromatic N) is 3. The van der Waals surface area contributed by atoms with Gasteiger partial charge in [-0.1, -0.05) is 31.0 Å². The maximum atomic E-state index is 13.5. The summed E-state index contributed by atoms with van der Waals surface area (Å²) in [6.07, 6.45) is 7.39. The number of carbonyl (C=O) groups is 1. The second-order valence-corrected chi connectivity index (χ2v) is 7.15. The summed E-state index contributed by atoms with van der Waals surface area (Å²) in [6.45, 7) is 4.13. The minimum atomic E-state index is -0.549. The third-order valence-corrected chi connectivity index (χ3v) is 5.87. The van der Waals surface area contributed by atoms with E-state index in [1.807, 2.05) is 18.0 Å². The van der Waals surface area contributed by atoms with Crippen molar-refractivity contribution in [3.8, 4) is 0 Å². The first-order valence-electron chi connectivity index (χ1n) is 9.14. The number of likely N-dealkylation sites (N-methyl/N-ethyl adjacent to an activating group) is 1. The van der Waals surface area contributed by atoms with Crippen molar-refractivity contribution in [2.75, 3.05) is 38.1 Å². The Hall–Kier alpha value is -1.39. The van der Waals surface area contributed by atoms with E-state index in [0.717, 1.165) is 31.9 Å². The van der Waals surface area contributed by atoms with E-state index in [-0.39, 0.29) is 5.91 Å². The largest absolute Gasteiger partial charge is 0.312 e. The SMILES string of the molecule is CN1C(=O)C(N2CCCCC2)(N2CCCCC2)c2ccccc21. The normalized spacial score (nSPS) is 25.6. The molecule has 2 saturated heterocycles. The maximum Gasteiger partial charge on any atom is 0.267 e. The Morgan fingerprint density at radius 1 is 0.826 bits per heavy atom. The number of carbonyl (C=O) groups excluding carboxylic acids is 1. The fourth-order valence-corrected chi connectivity index (χ4v) is 4.77. The molecule has 4 heteroatoms. The van der Waals surface area contributed by atoms with Crippen LogP contribution in [-0.2, 0) is 10.5 Å². The topological polar surface area (TPSA) is 26.8 Å². The van der Waals surface area contributed by atoms with Crippen molar-refractivity contribution in [3.05, 3.63) is 29.8 Å². The summed E-state index contributed by atoms with van der Waals surface area (Å²) in [7, 11) is 1.94. The van der Waals surface area contributed by atoms with E-state index >= 15 is 0 Å². The van der Waals surface area contributed by atoms with E-state index in [1.54, 1.807) is 0 Å². The van der Waals surface area contributed by atoms with Gasteiger partial charge in [-0.05, 0) is 31.7 Å². The highest BCUT2D eigenvalue weighted by Crippen LogP contribution is 2.47. The fraction of sp³-hybridized carbons (Fsp3) is 0.632. The first-order chi connectivity index (χ1) is 11.3. The van der Waals surface area contributed by atoms with Crippen molar-refractivity contribution < 1.29 is 4.79 Å². The Labute approximate surface area is 139 Å². The lowest BCUT2D eigenvalue weighted by atomic mass is 9.92. The molecule has 4 rings (SSSR count). The van der Waals surface area contributed by atoms with Crippen LogP contribution in [0.2, 0.25) is 0 Å². The molecule has 23 heavy (non-hydrogen) atoms. The van der Waals surface area contributed by atoms with Gasteiger partial charge in [0.15, 0.2) is 5.66 Å². The molecule has 124 valence electrons. The summed E-state index contributed by atoms with van der Waals surface area (Å²) in [5.74, 6) is 0.252. The smallest absolute Gasteiger partial charge is 0.267 e. The molecule has 3 aliphatic heterocycles. The fourth-order valence-electron chi connectivity index (χ4n) is 4.77. The Bertz CT molecular complexity index is 570. The van der Waals surface area contributed by atoms with Gasteiger partial charge in [0, 0.05) is 38.8 Å². The molecule has 1 amide bonds. The number of likely N-dealkylation sites (tertiary alicyclic amines) is 2. The highest BCUT2D eigenvalue weighted by atomic mass is 16.2. The molecule has 0 spiro atoms. The van der Waals surface area contributed by atoms with E-state index in [2.05, 4.69) is 28.0 Å². The summed E-state index contributed by atoms with van der Waals surface area (Å²) in [4.78, 5) is 20.4. The Morgan fingerprint density at radius 3 is 1.91 bits per heavy atom. The first-order valence-corrected chi connectivity index (χ1v) is 9.14. The summed E-state index contributed by atoms with van der Waals surface area (Å²) >= 11 is 0. The molecule has 0 aromatic heterocycles. The van der Waals surface area contributed by atoms with Gasteiger partial charge in [0.1, 0.15) is 0 Å². The molecule has 0 N–H and O–H groups in total. The molecule has 0 bridgehead atoms. The Balaban J connectivity index is 1.86. The quantitative estimate of drug-likeness (QED) is 0.840. The molecule has 0 saturated carbocycles. The van der Waals surface area contributed by atoms with E-state index in [1.165, 1.54) is 44.1 Å². The number of anilines is 1. The minimum absolute atomic E-state index is 0.252. The van der Waals surface area contributed by atoms with Crippen molar-refractivity contribution in [2.24, 2.45) is 0 Å². The summed E-state index contributed by atoms with van der Waals surface area (Å²) in [5.41, 5.74) is 1.75. The van der Waals surface area contributed by atoms with Gasteiger partial charge >= 0.3 is 0 Å². The van der Waals surface area contributed by atoms with Gasteiger partial charge in [-0.3, -0.25) is 14.6 Å². The highest BCUT2D eigenvalue weighted by Gasteiger charge is 2.57. The molecule has 4 nitrogen and oxygen atoms in total. The van der Waals surface area contributed by atoms with E-state index in [4.69, 9.17) is 0 Å². The van der Waals surface area contributed by atoms with Gasteiger partial charge in [-0.2, -0.15) is 0 Å². The molecule has 1 aromatic carbocycles. The molecule has 0 aliphatic carbocycles. The van der Waals surface area contributed by atoms with E-state index in [9.17, 15) is 4.79 Å². The third kappa shape index (κ3) is 2.15. The second kappa shape index (κ2) is 5.91. The predicted octanol–water partition coefficient (Wildman–Crippen LogP) is 2.79. The number of hydrogen-bond donors (Lipinski definition) is 0. The third-order valence-electron chi connectivity index (χ3n) is 5.87. The van der Waals surface area contributed by atoms with Gasteiger partial charge < -0.3 is 4.90 Å². The molecular weight excluding hydrogens is 286 g/mol. The van der Waals surface area contributed by atoms with Crippen LogP contribution in [-0.4, -0.2) is 48.9 Å². The Morgan fingerprint density at radius 2 is 1.35 bits per heavy atom. The number of fused-ring (bicyclic) bond motifs is 1. The van der Waals surface area contributed by atoms with Crippen LogP contribution in [0.25, 0.3) is 0 Å². The van der Waals surface area contributed by atoms with E-state index in [0.29, 0.717) is 0 Å². The summed E-state index contributed by atoms with van der Waals surface area (Å²) in [5, 5.41) is 0. The van der Waals surface area contributed by atoms with Crippen molar-refractivity contribution in [1.82, 2.24) is 9.80 Å². The lowest BCUT2D eigenvalue weighted by molar-refractivity contribution is -0.150. The zero-order chi connectivity index (χ0) is 15.9. The van der Waals surface area contributed by atoms with Crippen LogP contribution in [0, 0.1) is 0 Å². The minimum Gasteiger partial charge on any atom is -0.312 e. The lowest BCUT2D eigenvalue weighted by Gasteiger charge is -2.50. The van der Waals surface area contributed by atoms with Crippen LogP contribution >= 0.6 is 0 Å². The molecule has 3 aliphatic rings. The summed E-state index contributed by atoms with van der Waals surface area (Å²) < 4.78 is 0. The summed E-state index contributed by atoms with van der Waals surface area (Å²) in [6, 6.07) is 8.42. The number of piperidine rings is 2. The van der Waals surface area contributed by atoms with Crippen molar-refractivity contribution in [2.45, 2.75) is 44.2 Å². The standard InChI is InChI=1S/C19H27N3O/c1-20-17-11-5-4-10-16(17)19(18(20)23,21-12-6-2-7-13-21)22-14-8-3-9-15-22/h4-5,10-11H,2-3,6-9,12-15H2,1H3. The lowest BCUT2D eigenvalue weighted by Crippen LogP contribution is -2.64. The second-order valence-electron chi connectivity index (χ2n) is 7.15. The Kier molecular flexibility index (Phi) is 3.90. The number of hydrogen-bond acceptors (Lipinski definition) is 3. The van der Waals surface area contributed by atoms with Crippen molar-refractivity contribution in [3.63, 3.8) is 0 Å². The molecule has 0 atom stereocenters. The van der Waals surface area contributed by atoms with Crippen LogP contribution < -0.4 is 4.90 Å². The highest BCUT2D eigenvalue weighted by molar-refractivity contribution is 6.07. The number of para-hydroxylation sites is 1. The van der Waals surface area contributed by atoms with Gasteiger partial charge in [0.25, 0.3) is 5.91 Å². The molecule has 3 heterocycles. The zero-order valence-corrected chi connectivity index (χ0v) is 14.1. The van der Waals surface area contributed by atoms with Crippen LogP contribution in [0.1, 0.15) is 44.1 Å². The monoisotopic (exact) mass is 313 g/mol. The average molecular weight is 313 g/mol. The van der Waals surface area contributed by atoms with Gasteiger partial charge in [0.2, 0.25) is 0 Å². The molecule has 2 fully saturated rings. The van der Waals surface area contributed by atoms with E-state index < -0.39 is 5.66 Å². The van der Waals surface area contributed by atoms with Crippen LogP contribution in [0.3, 0.4) is 0 Å². The van der Waals surface area contributed by atoms with Crippen LogP contribution in [0.4, 0.5) is 5.69 Å². The van der Waals surface area contributed by atoms with Gasteiger partial charge in [-0.15, -0.1) is 0 Å². The average Bonchev–Trinajstić information content (AvgIpc) is 2.86. The van der Waals surface area contributed by atoms with Crippen LogP contribution in [0.15, 0.2) is 24.3 Å². The van der Waals surface area contributed by atoms with Crippen molar-refractivity contribution in [1.29, 1.82) is 0 Å². The predicted molar refractivity (Wildman–Crippen MR) is 92.4 cm³/mol. The molecule has 1 aromatic rings. The zero-order valence-electron chi connectivity index (χ0n) is 14.1. The molecular formula is C19H27N3O. The van der Waals surface area contributed by atoms with Gasteiger partial charge in [-0.25, -0.2) is 0 Å².